The zero-order chi connectivity index (χ0) is 13.9. The average Bonchev–Trinajstić information content (AvgIpc) is 2.40. The summed E-state index contributed by atoms with van der Waals surface area (Å²) < 4.78 is 0. The molecule has 1 aromatic rings. The van der Waals surface area contributed by atoms with Gasteiger partial charge in [0.05, 0.1) is 11.2 Å². The Balaban J connectivity index is 1.99. The Morgan fingerprint density at radius 2 is 2.00 bits per heavy atom. The van der Waals surface area contributed by atoms with Gasteiger partial charge in [0.2, 0.25) is 0 Å². The standard InChI is InChI=1S/C12H15Cl2N3O2/c13-9-6-8(10(14)17-16-9)11(18)15-7-12(19)4-2-1-3-5-12/h6,19H,1-5,7H2,(H,15,18). The van der Waals surface area contributed by atoms with Gasteiger partial charge in [0.15, 0.2) is 10.3 Å². The van der Waals surface area contributed by atoms with E-state index < -0.39 is 11.5 Å². The van der Waals surface area contributed by atoms with Gasteiger partial charge in [-0.2, -0.15) is 0 Å². The molecule has 2 N–H and O–H groups in total. The lowest BCUT2D eigenvalue weighted by atomic mass is 9.85. The molecule has 1 aliphatic carbocycles. The van der Waals surface area contributed by atoms with Gasteiger partial charge >= 0.3 is 0 Å². The lowest BCUT2D eigenvalue weighted by Gasteiger charge is -2.32. The Kier molecular flexibility index (Phi) is 4.60. The Bertz CT molecular complexity index is 476. The fourth-order valence-corrected chi connectivity index (χ4v) is 2.56. The van der Waals surface area contributed by atoms with Crippen LogP contribution < -0.4 is 5.32 Å². The second kappa shape index (κ2) is 6.03. The molecule has 1 aromatic heterocycles. The smallest absolute Gasteiger partial charge is 0.254 e. The van der Waals surface area contributed by atoms with Gasteiger partial charge < -0.3 is 10.4 Å². The van der Waals surface area contributed by atoms with Crippen LogP contribution in [0.1, 0.15) is 42.5 Å². The number of hydrogen-bond acceptors (Lipinski definition) is 4. The van der Waals surface area contributed by atoms with Gasteiger partial charge in [0.25, 0.3) is 5.91 Å². The molecule has 1 amide bonds. The van der Waals surface area contributed by atoms with Crippen LogP contribution in [0.15, 0.2) is 6.07 Å². The number of nitrogens with one attached hydrogen (secondary N) is 1. The van der Waals surface area contributed by atoms with Crippen LogP contribution in [-0.2, 0) is 0 Å². The normalized spacial score (nSPS) is 18.1. The molecule has 0 unspecified atom stereocenters. The fourth-order valence-electron chi connectivity index (χ4n) is 2.24. The van der Waals surface area contributed by atoms with Crippen molar-refractivity contribution in [2.75, 3.05) is 6.54 Å². The Hall–Kier alpha value is -0.910. The van der Waals surface area contributed by atoms with Crippen LogP contribution >= 0.6 is 23.2 Å². The lowest BCUT2D eigenvalue weighted by molar-refractivity contribution is 0.00525. The third kappa shape index (κ3) is 3.78. The number of hydrogen-bond donors (Lipinski definition) is 2. The maximum atomic E-state index is 12.0. The number of rotatable bonds is 3. The summed E-state index contributed by atoms with van der Waals surface area (Å²) in [4.78, 5) is 12.0. The third-order valence-electron chi connectivity index (χ3n) is 3.33. The molecule has 0 saturated heterocycles. The van der Waals surface area contributed by atoms with Gasteiger partial charge in [-0.25, -0.2) is 0 Å². The molecular weight excluding hydrogens is 289 g/mol. The largest absolute Gasteiger partial charge is 0.388 e. The first-order chi connectivity index (χ1) is 9.00. The maximum absolute atomic E-state index is 12.0. The monoisotopic (exact) mass is 303 g/mol. The quantitative estimate of drug-likeness (QED) is 0.898. The minimum absolute atomic E-state index is 0.00228. The SMILES string of the molecule is O=C(NCC1(O)CCCCC1)c1cc(Cl)nnc1Cl. The van der Waals surface area contributed by atoms with E-state index in [-0.39, 0.29) is 22.4 Å². The number of aliphatic hydroxyl groups is 1. The average molecular weight is 304 g/mol. The summed E-state index contributed by atoms with van der Waals surface area (Å²) in [6, 6.07) is 1.36. The summed E-state index contributed by atoms with van der Waals surface area (Å²) in [6.07, 6.45) is 4.50. The molecule has 0 radical (unpaired) electrons. The van der Waals surface area contributed by atoms with E-state index in [0.717, 1.165) is 19.3 Å². The zero-order valence-electron chi connectivity index (χ0n) is 10.3. The first kappa shape index (κ1) is 14.5. The third-order valence-corrected chi connectivity index (χ3v) is 3.79. The lowest BCUT2D eigenvalue weighted by Crippen LogP contribution is -2.44. The number of halogens is 2. The van der Waals surface area contributed by atoms with Crippen LogP contribution in [0, 0.1) is 0 Å². The van der Waals surface area contributed by atoms with Crippen LogP contribution in [0.5, 0.6) is 0 Å². The molecule has 1 aliphatic rings. The van der Waals surface area contributed by atoms with E-state index >= 15 is 0 Å². The van der Waals surface area contributed by atoms with Crippen molar-refractivity contribution in [3.05, 3.63) is 21.9 Å². The summed E-state index contributed by atoms with van der Waals surface area (Å²) in [5, 5.41) is 20.2. The van der Waals surface area contributed by atoms with Crippen LogP contribution in [0.4, 0.5) is 0 Å². The van der Waals surface area contributed by atoms with Crippen molar-refractivity contribution in [2.45, 2.75) is 37.7 Å². The van der Waals surface area contributed by atoms with E-state index in [1.807, 2.05) is 0 Å². The molecule has 104 valence electrons. The highest BCUT2D eigenvalue weighted by atomic mass is 35.5. The van der Waals surface area contributed by atoms with Crippen molar-refractivity contribution >= 4 is 29.1 Å². The van der Waals surface area contributed by atoms with Crippen LogP contribution in [0.25, 0.3) is 0 Å². The van der Waals surface area contributed by atoms with Crippen LogP contribution in [0.2, 0.25) is 10.3 Å². The molecule has 2 rings (SSSR count). The summed E-state index contributed by atoms with van der Waals surface area (Å²) >= 11 is 11.5. The second-order valence-electron chi connectivity index (χ2n) is 4.84. The van der Waals surface area contributed by atoms with Crippen molar-refractivity contribution in [2.24, 2.45) is 0 Å². The Morgan fingerprint density at radius 1 is 1.32 bits per heavy atom. The first-order valence-electron chi connectivity index (χ1n) is 6.19. The summed E-state index contributed by atoms with van der Waals surface area (Å²) in [5.41, 5.74) is -0.647. The van der Waals surface area contributed by atoms with Gasteiger partial charge in [0.1, 0.15) is 0 Å². The summed E-state index contributed by atoms with van der Waals surface area (Å²) in [7, 11) is 0. The van der Waals surface area contributed by atoms with Gasteiger partial charge in [-0.3, -0.25) is 4.79 Å². The molecule has 1 fully saturated rings. The first-order valence-corrected chi connectivity index (χ1v) is 6.95. The van der Waals surface area contributed by atoms with Crippen molar-refractivity contribution in [3.63, 3.8) is 0 Å². The minimum Gasteiger partial charge on any atom is -0.388 e. The molecule has 0 atom stereocenters. The summed E-state index contributed by atoms with van der Waals surface area (Å²) in [5.74, 6) is -0.402. The molecule has 19 heavy (non-hydrogen) atoms. The second-order valence-corrected chi connectivity index (χ2v) is 5.58. The maximum Gasteiger partial charge on any atom is 0.254 e. The van der Waals surface area contributed by atoms with Gasteiger partial charge in [-0.1, -0.05) is 42.5 Å². The molecule has 0 aromatic carbocycles. The molecular formula is C12H15Cl2N3O2. The highest BCUT2D eigenvalue weighted by Crippen LogP contribution is 2.27. The number of carbonyl (C=O) groups excluding carboxylic acids is 1. The van der Waals surface area contributed by atoms with E-state index in [1.165, 1.54) is 6.07 Å². The fraction of sp³-hybridized carbons (Fsp3) is 0.583. The summed E-state index contributed by atoms with van der Waals surface area (Å²) in [6.45, 7) is 0.210. The van der Waals surface area contributed by atoms with Crippen LogP contribution in [0.3, 0.4) is 0 Å². The van der Waals surface area contributed by atoms with E-state index in [1.54, 1.807) is 0 Å². The molecule has 1 heterocycles. The van der Waals surface area contributed by atoms with Gasteiger partial charge in [-0.15, -0.1) is 10.2 Å². The van der Waals surface area contributed by atoms with Crippen molar-refractivity contribution in [1.82, 2.24) is 15.5 Å². The van der Waals surface area contributed by atoms with Crippen molar-refractivity contribution < 1.29 is 9.90 Å². The molecule has 0 aliphatic heterocycles. The molecule has 1 saturated carbocycles. The van der Waals surface area contributed by atoms with Crippen LogP contribution in [-0.4, -0.2) is 33.4 Å². The van der Waals surface area contributed by atoms with Crippen molar-refractivity contribution in [3.8, 4) is 0 Å². The molecule has 0 spiro atoms. The zero-order valence-corrected chi connectivity index (χ0v) is 11.8. The highest BCUT2D eigenvalue weighted by Gasteiger charge is 2.29. The van der Waals surface area contributed by atoms with E-state index in [0.29, 0.717) is 12.8 Å². The van der Waals surface area contributed by atoms with Crippen molar-refractivity contribution in [1.29, 1.82) is 0 Å². The number of amides is 1. The molecule has 5 nitrogen and oxygen atoms in total. The number of carbonyl (C=O) groups is 1. The van der Waals surface area contributed by atoms with E-state index in [9.17, 15) is 9.90 Å². The predicted octanol–water partition coefficient (Wildman–Crippen LogP) is 2.21. The van der Waals surface area contributed by atoms with E-state index in [2.05, 4.69) is 15.5 Å². The Labute approximate surface area is 121 Å². The topological polar surface area (TPSA) is 75.1 Å². The molecule has 0 bridgehead atoms. The molecule has 7 heteroatoms. The highest BCUT2D eigenvalue weighted by molar-refractivity contribution is 6.34. The van der Waals surface area contributed by atoms with Gasteiger partial charge in [0, 0.05) is 6.54 Å². The number of aromatic nitrogens is 2. The predicted molar refractivity (Wildman–Crippen MR) is 72.4 cm³/mol. The van der Waals surface area contributed by atoms with E-state index in [4.69, 9.17) is 23.2 Å². The number of nitrogens with zero attached hydrogens (tertiary/aromatic N) is 2. The Morgan fingerprint density at radius 3 is 2.68 bits per heavy atom. The van der Waals surface area contributed by atoms with Gasteiger partial charge in [-0.05, 0) is 18.9 Å². The minimum atomic E-state index is -0.815.